The number of hydrogen-bond donors (Lipinski definition) is 0. The van der Waals surface area contributed by atoms with Crippen LogP contribution >= 0.6 is 22.7 Å². The molecule has 8 aromatic carbocycles. The molecule has 0 spiro atoms. The van der Waals surface area contributed by atoms with Gasteiger partial charge in [0, 0.05) is 52.1 Å². The summed E-state index contributed by atoms with van der Waals surface area (Å²) in [7, 11) is 0. The molecule has 11 rings (SSSR count). The van der Waals surface area contributed by atoms with Crippen LogP contribution in [0.1, 0.15) is 0 Å². The predicted molar refractivity (Wildman–Crippen MR) is 227 cm³/mol. The van der Waals surface area contributed by atoms with Gasteiger partial charge >= 0.3 is 0 Å². The molecule has 11 aromatic rings. The fourth-order valence-corrected chi connectivity index (χ4v) is 10.6. The zero-order valence-electron chi connectivity index (χ0n) is 28.0. The van der Waals surface area contributed by atoms with Crippen molar-refractivity contribution in [1.29, 1.82) is 0 Å². The summed E-state index contributed by atoms with van der Waals surface area (Å²) in [4.78, 5) is 2.57. The van der Waals surface area contributed by atoms with Crippen molar-refractivity contribution in [3.05, 3.63) is 182 Å². The number of rotatable bonds is 5. The second kappa shape index (κ2) is 11.7. The highest BCUT2D eigenvalue weighted by Crippen LogP contribution is 2.52. The number of hydrogen-bond acceptors (Lipinski definition) is 3. The van der Waals surface area contributed by atoms with Crippen LogP contribution in [0.4, 0.5) is 17.1 Å². The van der Waals surface area contributed by atoms with Crippen molar-refractivity contribution in [1.82, 2.24) is 4.57 Å². The maximum Gasteiger partial charge on any atom is 0.0640 e. The molecule has 0 saturated heterocycles. The van der Waals surface area contributed by atoms with Crippen molar-refractivity contribution in [2.45, 2.75) is 0 Å². The molecule has 4 heteroatoms. The summed E-state index contributed by atoms with van der Waals surface area (Å²) in [6, 6.07) is 66.5. The van der Waals surface area contributed by atoms with Crippen LogP contribution in [0.3, 0.4) is 0 Å². The van der Waals surface area contributed by atoms with Gasteiger partial charge in [-0.2, -0.15) is 0 Å². The number of aromatic nitrogens is 1. The first-order valence-electron chi connectivity index (χ1n) is 17.6. The van der Waals surface area contributed by atoms with E-state index in [1.54, 1.807) is 0 Å². The second-order valence-corrected chi connectivity index (χ2v) is 15.4. The van der Waals surface area contributed by atoms with E-state index in [4.69, 9.17) is 0 Å². The summed E-state index contributed by atoms with van der Waals surface area (Å²) in [5.74, 6) is 0. The summed E-state index contributed by atoms with van der Waals surface area (Å²) >= 11 is 3.78. The van der Waals surface area contributed by atoms with Crippen molar-refractivity contribution in [3.8, 4) is 16.8 Å². The van der Waals surface area contributed by atoms with Gasteiger partial charge < -0.3 is 9.47 Å². The summed E-state index contributed by atoms with van der Waals surface area (Å²) in [5.41, 5.74) is 9.57. The van der Waals surface area contributed by atoms with Gasteiger partial charge in [0.2, 0.25) is 0 Å². The van der Waals surface area contributed by atoms with Crippen LogP contribution in [0.5, 0.6) is 0 Å². The van der Waals surface area contributed by atoms with E-state index >= 15 is 0 Å². The van der Waals surface area contributed by atoms with E-state index in [0.717, 1.165) is 11.4 Å². The number of nitrogens with zero attached hydrogens (tertiary/aromatic N) is 2. The minimum atomic E-state index is 1.16. The van der Waals surface area contributed by atoms with Crippen LogP contribution in [0.25, 0.3) is 79.0 Å². The molecule has 2 nitrogen and oxygen atoms in total. The molecule has 0 unspecified atom stereocenters. The van der Waals surface area contributed by atoms with Crippen LogP contribution < -0.4 is 4.90 Å². The van der Waals surface area contributed by atoms with Gasteiger partial charge in [-0.05, 0) is 65.7 Å². The molecule has 0 N–H and O–H groups in total. The summed E-state index contributed by atoms with van der Waals surface area (Å²) < 4.78 is 7.60. The van der Waals surface area contributed by atoms with Crippen LogP contribution in [-0.2, 0) is 0 Å². The zero-order valence-corrected chi connectivity index (χ0v) is 29.7. The van der Waals surface area contributed by atoms with E-state index in [1.165, 1.54) is 84.7 Å². The molecule has 52 heavy (non-hydrogen) atoms. The number of benzene rings is 8. The van der Waals surface area contributed by atoms with Gasteiger partial charge in [0.05, 0.1) is 32.8 Å². The first kappa shape index (κ1) is 29.5. The second-order valence-electron chi connectivity index (χ2n) is 13.2. The molecule has 0 fully saturated rings. The normalized spacial score (nSPS) is 11.8. The lowest BCUT2D eigenvalue weighted by Crippen LogP contribution is -2.11. The summed E-state index contributed by atoms with van der Waals surface area (Å²) in [5, 5.41) is 7.62. The van der Waals surface area contributed by atoms with Crippen molar-refractivity contribution in [2.75, 3.05) is 4.90 Å². The average molecular weight is 699 g/mol. The monoisotopic (exact) mass is 698 g/mol. The van der Waals surface area contributed by atoms with Gasteiger partial charge in [0.15, 0.2) is 0 Å². The van der Waals surface area contributed by atoms with Gasteiger partial charge in [-0.25, -0.2) is 0 Å². The van der Waals surface area contributed by atoms with E-state index in [2.05, 4.69) is 191 Å². The number of anilines is 3. The molecule has 0 aliphatic carbocycles. The van der Waals surface area contributed by atoms with E-state index in [9.17, 15) is 0 Å². The minimum absolute atomic E-state index is 1.16. The SMILES string of the molecule is c1ccc(-c2ccc(N(c3cccc4c3sc3ccccc34)c3cccc4c3c3ccccc3n4-c3ccccc3)c3c2sc2ccccc23)cc1. The standard InChI is InChI=1S/C48H30N2S2/c1-3-15-31(16-4-1)33-29-30-41(46-37-21-9-12-28-44(37)52-48(33)46)50(42-26-13-22-35-34-19-8-11-27-43(34)51-47(35)42)40-25-14-24-39-45(40)36-20-7-10-23-38(36)49(39)32-17-5-2-6-18-32/h1-30H. The molecular formula is C48H30N2S2. The third-order valence-electron chi connectivity index (χ3n) is 10.4. The third-order valence-corrected chi connectivity index (χ3v) is 12.8. The van der Waals surface area contributed by atoms with Gasteiger partial charge in [-0.1, -0.05) is 127 Å². The number of para-hydroxylation sites is 2. The lowest BCUT2D eigenvalue weighted by atomic mass is 9.99. The van der Waals surface area contributed by atoms with Crippen LogP contribution in [0.2, 0.25) is 0 Å². The van der Waals surface area contributed by atoms with Crippen LogP contribution in [-0.4, -0.2) is 4.57 Å². The van der Waals surface area contributed by atoms with E-state index in [1.807, 2.05) is 22.7 Å². The van der Waals surface area contributed by atoms with Crippen LogP contribution in [0.15, 0.2) is 182 Å². The molecule has 0 saturated carbocycles. The average Bonchev–Trinajstić information content (AvgIpc) is 3.89. The highest BCUT2D eigenvalue weighted by atomic mass is 32.1. The molecular weight excluding hydrogens is 669 g/mol. The lowest BCUT2D eigenvalue weighted by molar-refractivity contribution is 1.18. The molecule has 244 valence electrons. The van der Waals surface area contributed by atoms with E-state index in [-0.39, 0.29) is 0 Å². The Hall–Kier alpha value is -6.20. The molecule has 0 bridgehead atoms. The lowest BCUT2D eigenvalue weighted by Gasteiger charge is -2.28. The molecule has 3 heterocycles. The Bertz CT molecular complexity index is 3120. The quantitative estimate of drug-likeness (QED) is 0.174. The maximum absolute atomic E-state index is 2.57. The molecule has 0 aliphatic rings. The largest absolute Gasteiger partial charge is 0.309 e. The topological polar surface area (TPSA) is 8.17 Å². The van der Waals surface area contributed by atoms with Crippen molar-refractivity contribution < 1.29 is 0 Å². The first-order valence-corrected chi connectivity index (χ1v) is 19.2. The Morgan fingerprint density at radius 3 is 1.77 bits per heavy atom. The highest BCUT2D eigenvalue weighted by Gasteiger charge is 2.26. The Kier molecular flexibility index (Phi) is 6.63. The number of thiophene rings is 2. The molecule has 0 aliphatic heterocycles. The highest BCUT2D eigenvalue weighted by molar-refractivity contribution is 7.27. The fraction of sp³-hybridized carbons (Fsp3) is 0. The summed E-state index contributed by atoms with van der Waals surface area (Å²) in [6.07, 6.45) is 0. The number of fused-ring (bicyclic) bond motifs is 9. The molecule has 0 amide bonds. The predicted octanol–water partition coefficient (Wildman–Crippen LogP) is 14.7. The van der Waals surface area contributed by atoms with Gasteiger partial charge in [0.25, 0.3) is 0 Å². The molecule has 3 aromatic heterocycles. The van der Waals surface area contributed by atoms with Crippen molar-refractivity contribution in [2.24, 2.45) is 0 Å². The maximum atomic E-state index is 2.57. The summed E-state index contributed by atoms with van der Waals surface area (Å²) in [6.45, 7) is 0. The van der Waals surface area contributed by atoms with Gasteiger partial charge in [-0.3, -0.25) is 0 Å². The Labute approximate surface area is 308 Å². The zero-order chi connectivity index (χ0) is 34.2. The fourth-order valence-electron chi connectivity index (χ4n) is 8.18. The Morgan fingerprint density at radius 2 is 0.942 bits per heavy atom. The Balaban J connectivity index is 1.31. The molecule has 0 radical (unpaired) electrons. The van der Waals surface area contributed by atoms with E-state index in [0.29, 0.717) is 0 Å². The van der Waals surface area contributed by atoms with Crippen LogP contribution in [0, 0.1) is 0 Å². The third kappa shape index (κ3) is 4.35. The first-order chi connectivity index (χ1) is 25.8. The van der Waals surface area contributed by atoms with Gasteiger partial charge in [0.1, 0.15) is 0 Å². The smallest absolute Gasteiger partial charge is 0.0640 e. The van der Waals surface area contributed by atoms with Gasteiger partial charge in [-0.15, -0.1) is 22.7 Å². The minimum Gasteiger partial charge on any atom is -0.309 e. The van der Waals surface area contributed by atoms with Crippen molar-refractivity contribution in [3.63, 3.8) is 0 Å². The van der Waals surface area contributed by atoms with Crippen molar-refractivity contribution >= 4 is 102 Å². The Morgan fingerprint density at radius 1 is 0.365 bits per heavy atom. The van der Waals surface area contributed by atoms with E-state index < -0.39 is 0 Å². The molecule has 0 atom stereocenters.